The summed E-state index contributed by atoms with van der Waals surface area (Å²) in [6.07, 6.45) is 6.81. The number of hydrogen-bond donors (Lipinski definition) is 2. The molecule has 0 aliphatic carbocycles. The van der Waals surface area contributed by atoms with E-state index in [0.29, 0.717) is 58.5 Å². The monoisotopic (exact) mass is 702 g/mol. The van der Waals surface area contributed by atoms with E-state index in [1.165, 1.54) is 6.26 Å². The van der Waals surface area contributed by atoms with E-state index in [4.69, 9.17) is 8.83 Å². The number of hydrogen-bond acceptors (Lipinski definition) is 7. The van der Waals surface area contributed by atoms with Crippen molar-refractivity contribution in [3.63, 3.8) is 0 Å². The van der Waals surface area contributed by atoms with Gasteiger partial charge in [-0.3, -0.25) is 24.2 Å². The molecular weight excluding hydrogens is 660 g/mol. The maximum Gasteiger partial charge on any atom is 0.289 e. The van der Waals surface area contributed by atoms with Crippen LogP contribution in [0.3, 0.4) is 0 Å². The highest BCUT2D eigenvalue weighted by Crippen LogP contribution is 2.52. The number of piperazine rings is 1. The Bertz CT molecular complexity index is 2080. The molecule has 4 aromatic heterocycles. The van der Waals surface area contributed by atoms with Crippen LogP contribution >= 0.6 is 0 Å². The molecule has 52 heavy (non-hydrogen) atoms. The van der Waals surface area contributed by atoms with Crippen molar-refractivity contribution in [2.24, 2.45) is 11.8 Å². The van der Waals surface area contributed by atoms with E-state index in [2.05, 4.69) is 27.4 Å². The Kier molecular flexibility index (Phi) is 8.90. The second-order valence-electron chi connectivity index (χ2n) is 13.9. The third kappa shape index (κ3) is 5.85. The van der Waals surface area contributed by atoms with Crippen molar-refractivity contribution in [3.8, 4) is 11.3 Å². The number of aromatic amines is 1. The van der Waals surface area contributed by atoms with Crippen LogP contribution in [-0.4, -0.2) is 87.6 Å². The highest BCUT2D eigenvalue weighted by atomic mass is 16.3. The third-order valence-corrected chi connectivity index (χ3v) is 11.2. The first-order chi connectivity index (χ1) is 25.4. The Morgan fingerprint density at radius 1 is 0.962 bits per heavy atom. The molecule has 5 aromatic rings. The molecule has 0 saturated carbocycles. The van der Waals surface area contributed by atoms with Gasteiger partial charge < -0.3 is 33.8 Å². The van der Waals surface area contributed by atoms with E-state index in [1.54, 1.807) is 29.5 Å². The first-order valence-electron chi connectivity index (χ1n) is 18.2. The molecule has 7 heterocycles. The molecule has 2 saturated heterocycles. The number of piperidine rings is 1. The van der Waals surface area contributed by atoms with E-state index < -0.39 is 17.4 Å². The average molecular weight is 703 g/mol. The summed E-state index contributed by atoms with van der Waals surface area (Å²) in [6, 6.07) is 19.0. The molecule has 4 amide bonds. The molecule has 0 spiro atoms. The Morgan fingerprint density at radius 3 is 2.50 bits per heavy atom. The average Bonchev–Trinajstić information content (AvgIpc) is 3.98. The number of nitrogens with one attached hydrogen (secondary N) is 2. The minimum Gasteiger partial charge on any atom is -0.464 e. The topological polar surface area (TPSA) is 145 Å². The quantitative estimate of drug-likeness (QED) is 0.225. The van der Waals surface area contributed by atoms with Gasteiger partial charge in [-0.15, -0.1) is 0 Å². The Balaban J connectivity index is 1.10. The first kappa shape index (κ1) is 33.5. The lowest BCUT2D eigenvalue weighted by molar-refractivity contribution is -0.167. The van der Waals surface area contributed by atoms with Gasteiger partial charge in [-0.05, 0) is 67.3 Å². The number of furan rings is 2. The molecule has 0 bridgehead atoms. The molecule has 0 unspecified atom stereocenters. The standard InChI is InChI=1S/C40H42N6O6/c1-2-40-31(38(49)44-17-19-45(20-18-44)39(50)34-9-6-22-52-34)23-27(25-35(47)42-15-12-28-7-3-4-14-41-28)37(48)46(40)16-13-30-29-11-10-26(33-8-5-21-51-33)24-32(29)43-36(30)40/h3-11,14,21-22,24,27,31,43H,2,12-13,15-20,23,25H2,1H3,(H,42,47)/t27-,31-,40+/m1/s1. The fourth-order valence-corrected chi connectivity index (χ4v) is 8.68. The second-order valence-corrected chi connectivity index (χ2v) is 13.9. The Labute approximate surface area is 301 Å². The number of aromatic nitrogens is 2. The molecular formula is C40H42N6O6. The predicted molar refractivity (Wildman–Crippen MR) is 192 cm³/mol. The number of carbonyl (C=O) groups is 4. The van der Waals surface area contributed by atoms with Gasteiger partial charge in [0.2, 0.25) is 17.7 Å². The molecule has 12 heteroatoms. The molecule has 3 atom stereocenters. The maximum absolute atomic E-state index is 14.9. The van der Waals surface area contributed by atoms with Gasteiger partial charge in [0.15, 0.2) is 5.76 Å². The van der Waals surface area contributed by atoms with Crippen molar-refractivity contribution in [2.45, 2.75) is 44.6 Å². The van der Waals surface area contributed by atoms with Gasteiger partial charge in [0.25, 0.3) is 5.91 Å². The van der Waals surface area contributed by atoms with E-state index in [1.807, 2.05) is 53.1 Å². The lowest BCUT2D eigenvalue weighted by Gasteiger charge is -2.56. The lowest BCUT2D eigenvalue weighted by atomic mass is 9.65. The summed E-state index contributed by atoms with van der Waals surface area (Å²) in [5.41, 5.74) is 3.81. The van der Waals surface area contributed by atoms with Crippen molar-refractivity contribution in [1.29, 1.82) is 0 Å². The zero-order valence-corrected chi connectivity index (χ0v) is 29.2. The van der Waals surface area contributed by atoms with Crippen molar-refractivity contribution in [2.75, 3.05) is 39.3 Å². The molecule has 2 N–H and O–H groups in total. The summed E-state index contributed by atoms with van der Waals surface area (Å²) in [7, 11) is 0. The molecule has 3 aliphatic rings. The molecule has 2 fully saturated rings. The molecule has 268 valence electrons. The minimum atomic E-state index is -0.932. The summed E-state index contributed by atoms with van der Waals surface area (Å²) in [5, 5.41) is 4.04. The Morgan fingerprint density at radius 2 is 1.77 bits per heavy atom. The van der Waals surface area contributed by atoms with Crippen LogP contribution in [0.25, 0.3) is 22.2 Å². The van der Waals surface area contributed by atoms with Crippen LogP contribution in [0.15, 0.2) is 88.2 Å². The summed E-state index contributed by atoms with van der Waals surface area (Å²) in [6.45, 7) is 4.35. The predicted octanol–water partition coefficient (Wildman–Crippen LogP) is 4.78. The van der Waals surface area contributed by atoms with E-state index in [-0.39, 0.29) is 42.2 Å². The number of amides is 4. The van der Waals surface area contributed by atoms with E-state index >= 15 is 0 Å². The maximum atomic E-state index is 14.9. The zero-order valence-electron chi connectivity index (χ0n) is 29.2. The van der Waals surface area contributed by atoms with Gasteiger partial charge in [0.05, 0.1) is 24.0 Å². The van der Waals surface area contributed by atoms with Gasteiger partial charge in [0, 0.05) is 92.1 Å². The normalized spacial score (nSPS) is 21.6. The van der Waals surface area contributed by atoms with E-state index in [0.717, 1.165) is 39.2 Å². The van der Waals surface area contributed by atoms with Crippen LogP contribution in [0.4, 0.5) is 0 Å². The number of H-pyrrole nitrogens is 1. The smallest absolute Gasteiger partial charge is 0.289 e. The fraction of sp³-hybridized carbons (Fsp3) is 0.375. The minimum absolute atomic E-state index is 0.00137. The van der Waals surface area contributed by atoms with Gasteiger partial charge >= 0.3 is 0 Å². The first-order valence-corrected chi connectivity index (χ1v) is 18.2. The van der Waals surface area contributed by atoms with Gasteiger partial charge in [0.1, 0.15) is 5.76 Å². The number of benzene rings is 1. The van der Waals surface area contributed by atoms with Crippen molar-refractivity contribution >= 4 is 34.5 Å². The highest BCUT2D eigenvalue weighted by molar-refractivity contribution is 5.94. The molecule has 12 nitrogen and oxygen atoms in total. The molecule has 3 aliphatic heterocycles. The largest absolute Gasteiger partial charge is 0.464 e. The number of nitrogens with zero attached hydrogens (tertiary/aromatic N) is 4. The second kappa shape index (κ2) is 13.8. The van der Waals surface area contributed by atoms with Crippen molar-refractivity contribution < 1.29 is 28.0 Å². The SMILES string of the molecule is CC[C@]12c3[nH]c4cc(-c5ccco5)ccc4c3CCN1C(=O)[C@@H](CC(=O)NCCc1ccccn1)C[C@@H]2C(=O)N1CCN(C(=O)c2ccco2)CC1. The molecule has 8 rings (SSSR count). The van der Waals surface area contributed by atoms with E-state index in [9.17, 15) is 19.2 Å². The Hall–Kier alpha value is -5.65. The number of carbonyl (C=O) groups excluding carboxylic acids is 4. The van der Waals surface area contributed by atoms with Crippen molar-refractivity contribution in [3.05, 3.63) is 102 Å². The van der Waals surface area contributed by atoms with Crippen LogP contribution in [-0.2, 0) is 32.8 Å². The molecule has 1 aromatic carbocycles. The number of fused-ring (bicyclic) bond motifs is 5. The number of rotatable bonds is 9. The summed E-state index contributed by atoms with van der Waals surface area (Å²) in [5.74, 6) is -0.803. The third-order valence-electron chi connectivity index (χ3n) is 11.2. The van der Waals surface area contributed by atoms with Crippen LogP contribution < -0.4 is 5.32 Å². The lowest BCUT2D eigenvalue weighted by Crippen LogP contribution is -2.66. The van der Waals surface area contributed by atoms with Crippen LogP contribution in [0.2, 0.25) is 0 Å². The summed E-state index contributed by atoms with van der Waals surface area (Å²) >= 11 is 0. The summed E-state index contributed by atoms with van der Waals surface area (Å²) in [4.78, 5) is 69.2. The highest BCUT2D eigenvalue weighted by Gasteiger charge is 2.59. The van der Waals surface area contributed by atoms with Crippen LogP contribution in [0, 0.1) is 11.8 Å². The van der Waals surface area contributed by atoms with Crippen LogP contribution in [0.1, 0.15) is 53.7 Å². The zero-order chi connectivity index (χ0) is 35.8. The fourth-order valence-electron chi connectivity index (χ4n) is 8.68. The van der Waals surface area contributed by atoms with Crippen LogP contribution in [0.5, 0.6) is 0 Å². The summed E-state index contributed by atoms with van der Waals surface area (Å²) < 4.78 is 11.0. The van der Waals surface area contributed by atoms with Gasteiger partial charge in [-0.2, -0.15) is 0 Å². The van der Waals surface area contributed by atoms with Gasteiger partial charge in [-0.25, -0.2) is 0 Å². The number of pyridine rings is 1. The van der Waals surface area contributed by atoms with Crippen molar-refractivity contribution in [1.82, 2.24) is 30.0 Å². The van der Waals surface area contributed by atoms with Gasteiger partial charge in [-0.1, -0.05) is 25.1 Å². The molecule has 0 radical (unpaired) electrons.